The largest absolute Gasteiger partial charge is 0.379 e. The predicted molar refractivity (Wildman–Crippen MR) is 85.2 cm³/mol. The van der Waals surface area contributed by atoms with Gasteiger partial charge in [-0.3, -0.25) is 4.90 Å². The average molecular weight is 282 g/mol. The zero-order valence-electron chi connectivity index (χ0n) is 14.2. The van der Waals surface area contributed by atoms with Crippen LogP contribution in [0.5, 0.6) is 0 Å². The van der Waals surface area contributed by atoms with Crippen molar-refractivity contribution >= 4 is 0 Å². The van der Waals surface area contributed by atoms with Gasteiger partial charge in [-0.05, 0) is 47.0 Å². The highest BCUT2D eigenvalue weighted by molar-refractivity contribution is 5.03. The number of nitrogens with zero attached hydrogens (tertiary/aromatic N) is 1. The molecule has 1 saturated heterocycles. The number of nitrogens with one attached hydrogen (secondary N) is 1. The highest BCUT2D eigenvalue weighted by Gasteiger charge is 2.44. The lowest BCUT2D eigenvalue weighted by Gasteiger charge is -2.55. The molecule has 20 heavy (non-hydrogen) atoms. The lowest BCUT2D eigenvalue weighted by Crippen LogP contribution is -2.69. The molecule has 1 aliphatic heterocycles. The summed E-state index contributed by atoms with van der Waals surface area (Å²) < 4.78 is 5.61. The van der Waals surface area contributed by atoms with Gasteiger partial charge in [0.1, 0.15) is 0 Å². The Hall–Kier alpha value is -0.120. The lowest BCUT2D eigenvalue weighted by molar-refractivity contribution is -0.0399. The van der Waals surface area contributed by atoms with Crippen molar-refractivity contribution in [3.8, 4) is 0 Å². The van der Waals surface area contributed by atoms with Gasteiger partial charge < -0.3 is 10.1 Å². The Morgan fingerprint density at radius 3 is 2.40 bits per heavy atom. The number of piperazine rings is 1. The minimum atomic E-state index is -0.00905. The highest BCUT2D eigenvalue weighted by atomic mass is 16.5. The Labute approximate surface area is 125 Å². The van der Waals surface area contributed by atoms with Crippen LogP contribution in [0.1, 0.15) is 66.2 Å². The summed E-state index contributed by atoms with van der Waals surface area (Å²) in [6.45, 7) is 12.5. The van der Waals surface area contributed by atoms with E-state index in [0.29, 0.717) is 5.54 Å². The van der Waals surface area contributed by atoms with Crippen LogP contribution in [0.15, 0.2) is 0 Å². The van der Waals surface area contributed by atoms with Gasteiger partial charge in [-0.1, -0.05) is 19.3 Å². The molecule has 0 radical (unpaired) electrons. The Morgan fingerprint density at radius 1 is 1.15 bits per heavy atom. The summed E-state index contributed by atoms with van der Waals surface area (Å²) in [5.41, 5.74) is 0.641. The first-order valence-corrected chi connectivity index (χ1v) is 8.34. The Balaban J connectivity index is 2.06. The molecule has 1 heterocycles. The molecular formula is C17H34N2O. The van der Waals surface area contributed by atoms with E-state index in [2.05, 4.69) is 37.9 Å². The van der Waals surface area contributed by atoms with E-state index in [1.54, 1.807) is 0 Å². The SMILES string of the molecule is COC(C)(C)CCN1CC(C)(C)NCC12CCCCC2. The lowest BCUT2D eigenvalue weighted by atomic mass is 9.76. The molecule has 0 amide bonds. The number of rotatable bonds is 4. The molecule has 2 rings (SSSR count). The first-order chi connectivity index (χ1) is 9.29. The van der Waals surface area contributed by atoms with Crippen LogP contribution >= 0.6 is 0 Å². The zero-order chi connectivity index (χ0) is 14.9. The van der Waals surface area contributed by atoms with Gasteiger partial charge >= 0.3 is 0 Å². The molecule has 2 aliphatic rings. The Bertz CT molecular complexity index is 319. The fourth-order valence-electron chi connectivity index (χ4n) is 3.74. The van der Waals surface area contributed by atoms with Gasteiger partial charge in [0.25, 0.3) is 0 Å². The molecule has 0 bridgehead atoms. The van der Waals surface area contributed by atoms with Gasteiger partial charge in [0.15, 0.2) is 0 Å². The Morgan fingerprint density at radius 2 is 1.80 bits per heavy atom. The summed E-state index contributed by atoms with van der Waals surface area (Å²) in [4.78, 5) is 2.78. The molecule has 0 aromatic heterocycles. The molecule has 0 aromatic carbocycles. The maximum atomic E-state index is 5.61. The fourth-order valence-corrected chi connectivity index (χ4v) is 3.74. The summed E-state index contributed by atoms with van der Waals surface area (Å²) in [7, 11) is 1.83. The molecule has 3 nitrogen and oxygen atoms in total. The second-order valence-electron chi connectivity index (χ2n) is 8.16. The maximum Gasteiger partial charge on any atom is 0.0634 e. The number of ether oxygens (including phenoxy) is 1. The molecular weight excluding hydrogens is 248 g/mol. The maximum absolute atomic E-state index is 5.61. The molecule has 0 aromatic rings. The molecule has 1 spiro atoms. The van der Waals surface area contributed by atoms with E-state index >= 15 is 0 Å². The summed E-state index contributed by atoms with van der Waals surface area (Å²) in [6.07, 6.45) is 8.05. The van der Waals surface area contributed by atoms with Crippen molar-refractivity contribution in [1.29, 1.82) is 0 Å². The van der Waals surface area contributed by atoms with Gasteiger partial charge in [0.05, 0.1) is 5.60 Å². The first kappa shape index (κ1) is 16.3. The Kier molecular flexibility index (Phi) is 4.83. The molecule has 2 fully saturated rings. The van der Waals surface area contributed by atoms with E-state index in [-0.39, 0.29) is 11.1 Å². The van der Waals surface area contributed by atoms with Crippen molar-refractivity contribution in [3.63, 3.8) is 0 Å². The smallest absolute Gasteiger partial charge is 0.0634 e. The van der Waals surface area contributed by atoms with Crippen LogP contribution in [0.3, 0.4) is 0 Å². The van der Waals surface area contributed by atoms with Gasteiger partial charge in [-0.15, -0.1) is 0 Å². The normalized spacial score (nSPS) is 26.9. The zero-order valence-corrected chi connectivity index (χ0v) is 14.2. The van der Waals surface area contributed by atoms with Crippen molar-refractivity contribution in [2.45, 2.75) is 82.9 Å². The third-order valence-corrected chi connectivity index (χ3v) is 5.47. The van der Waals surface area contributed by atoms with Crippen LogP contribution in [0, 0.1) is 0 Å². The van der Waals surface area contributed by atoms with Crippen molar-refractivity contribution in [1.82, 2.24) is 10.2 Å². The van der Waals surface area contributed by atoms with E-state index in [1.807, 2.05) is 7.11 Å². The number of hydrogen-bond donors (Lipinski definition) is 1. The van der Waals surface area contributed by atoms with Crippen LogP contribution in [-0.2, 0) is 4.74 Å². The minimum Gasteiger partial charge on any atom is -0.379 e. The first-order valence-electron chi connectivity index (χ1n) is 8.34. The molecule has 0 atom stereocenters. The van der Waals surface area contributed by atoms with Crippen molar-refractivity contribution in [2.24, 2.45) is 0 Å². The molecule has 1 saturated carbocycles. The van der Waals surface area contributed by atoms with Gasteiger partial charge in [-0.25, -0.2) is 0 Å². The second kappa shape index (κ2) is 5.94. The van der Waals surface area contributed by atoms with E-state index in [4.69, 9.17) is 4.74 Å². The second-order valence-corrected chi connectivity index (χ2v) is 8.16. The topological polar surface area (TPSA) is 24.5 Å². The van der Waals surface area contributed by atoms with Crippen LogP contribution in [0.4, 0.5) is 0 Å². The van der Waals surface area contributed by atoms with Crippen LogP contribution in [-0.4, -0.2) is 48.3 Å². The third-order valence-electron chi connectivity index (χ3n) is 5.47. The summed E-state index contributed by atoms with van der Waals surface area (Å²) >= 11 is 0. The monoisotopic (exact) mass is 282 g/mol. The van der Waals surface area contributed by atoms with Gasteiger partial charge in [-0.2, -0.15) is 0 Å². The van der Waals surface area contributed by atoms with Crippen molar-refractivity contribution in [3.05, 3.63) is 0 Å². The van der Waals surface area contributed by atoms with Crippen LogP contribution in [0.25, 0.3) is 0 Å². The molecule has 118 valence electrons. The molecule has 1 N–H and O–H groups in total. The standard InChI is InChI=1S/C17H34N2O/c1-15(2)14-19(12-11-16(3,4)20-5)17(13-18-15)9-7-6-8-10-17/h18H,6-14H2,1-5H3. The van der Waals surface area contributed by atoms with Crippen molar-refractivity contribution < 1.29 is 4.74 Å². The van der Waals surface area contributed by atoms with Gasteiger partial charge in [0.2, 0.25) is 0 Å². The van der Waals surface area contributed by atoms with E-state index in [1.165, 1.54) is 32.1 Å². The molecule has 1 aliphatic carbocycles. The highest BCUT2D eigenvalue weighted by Crippen LogP contribution is 2.37. The van der Waals surface area contributed by atoms with Gasteiger partial charge in [0, 0.05) is 37.8 Å². The minimum absolute atomic E-state index is 0.00905. The quantitative estimate of drug-likeness (QED) is 0.857. The van der Waals surface area contributed by atoms with E-state index in [9.17, 15) is 0 Å². The fraction of sp³-hybridized carbons (Fsp3) is 1.00. The van der Waals surface area contributed by atoms with Crippen LogP contribution < -0.4 is 5.32 Å². The number of hydrogen-bond acceptors (Lipinski definition) is 3. The molecule has 3 heteroatoms. The third kappa shape index (κ3) is 3.75. The summed E-state index contributed by atoms with van der Waals surface area (Å²) in [5.74, 6) is 0. The van der Waals surface area contributed by atoms with E-state index < -0.39 is 0 Å². The number of methoxy groups -OCH3 is 1. The van der Waals surface area contributed by atoms with Crippen LogP contribution in [0.2, 0.25) is 0 Å². The summed E-state index contributed by atoms with van der Waals surface area (Å²) in [6, 6.07) is 0. The average Bonchev–Trinajstić information content (AvgIpc) is 2.41. The molecule has 0 unspecified atom stereocenters. The van der Waals surface area contributed by atoms with Crippen molar-refractivity contribution in [2.75, 3.05) is 26.7 Å². The van der Waals surface area contributed by atoms with E-state index in [0.717, 1.165) is 26.1 Å². The predicted octanol–water partition coefficient (Wildman–Crippen LogP) is 3.19. The summed E-state index contributed by atoms with van der Waals surface area (Å²) in [5, 5.41) is 3.79.